The van der Waals surface area contributed by atoms with Gasteiger partial charge in [0.15, 0.2) is 6.61 Å². The third-order valence-electron chi connectivity index (χ3n) is 2.54. The number of carbonyl (C=O) groups excluding carboxylic acids is 1. The highest BCUT2D eigenvalue weighted by molar-refractivity contribution is 5.88. The van der Waals surface area contributed by atoms with Crippen LogP contribution in [-0.4, -0.2) is 36.3 Å². The van der Waals surface area contributed by atoms with Gasteiger partial charge in [-0.2, -0.15) is 13.2 Å². The van der Waals surface area contributed by atoms with Crippen LogP contribution < -0.4 is 10.1 Å². The first kappa shape index (κ1) is 16.8. The number of alkyl halides is 3. The number of carboxylic acids is 1. The van der Waals surface area contributed by atoms with E-state index in [0.29, 0.717) is 11.1 Å². The van der Waals surface area contributed by atoms with E-state index in [-0.39, 0.29) is 11.3 Å². The predicted molar refractivity (Wildman–Crippen MR) is 67.4 cm³/mol. The smallest absolute Gasteiger partial charge is 0.405 e. The fraction of sp³-hybridized carbons (Fsp3) is 0.385. The minimum absolute atomic E-state index is 0.0684. The SMILES string of the molecule is Cc1cc(C(=O)O)cc(C)c1OCC(=O)NCC(F)(F)F. The summed E-state index contributed by atoms with van der Waals surface area (Å²) in [5.41, 5.74) is 1.03. The van der Waals surface area contributed by atoms with Crippen LogP contribution >= 0.6 is 0 Å². The van der Waals surface area contributed by atoms with E-state index in [4.69, 9.17) is 9.84 Å². The van der Waals surface area contributed by atoms with Crippen molar-refractivity contribution in [2.45, 2.75) is 20.0 Å². The van der Waals surface area contributed by atoms with Gasteiger partial charge in [0.25, 0.3) is 5.91 Å². The molecule has 0 saturated heterocycles. The van der Waals surface area contributed by atoms with Crippen molar-refractivity contribution < 1.29 is 32.6 Å². The van der Waals surface area contributed by atoms with Gasteiger partial charge in [0, 0.05) is 0 Å². The zero-order chi connectivity index (χ0) is 16.2. The van der Waals surface area contributed by atoms with Crippen LogP contribution in [0.5, 0.6) is 5.75 Å². The fourth-order valence-corrected chi connectivity index (χ4v) is 1.69. The lowest BCUT2D eigenvalue weighted by molar-refractivity contribution is -0.139. The van der Waals surface area contributed by atoms with Crippen molar-refractivity contribution in [2.24, 2.45) is 0 Å². The van der Waals surface area contributed by atoms with E-state index in [1.54, 1.807) is 19.2 Å². The topological polar surface area (TPSA) is 75.6 Å². The molecule has 0 saturated carbocycles. The summed E-state index contributed by atoms with van der Waals surface area (Å²) in [6, 6.07) is 2.72. The molecule has 0 bridgehead atoms. The molecule has 0 aromatic heterocycles. The third kappa shape index (κ3) is 5.33. The Hall–Kier alpha value is -2.25. The molecule has 0 radical (unpaired) electrons. The second-order valence-electron chi connectivity index (χ2n) is 4.42. The summed E-state index contributed by atoms with van der Waals surface area (Å²) in [6.45, 7) is 1.17. The molecule has 1 amide bonds. The van der Waals surface area contributed by atoms with Crippen molar-refractivity contribution in [3.8, 4) is 5.75 Å². The van der Waals surface area contributed by atoms with Gasteiger partial charge in [-0.3, -0.25) is 4.79 Å². The number of halogens is 3. The first-order valence-electron chi connectivity index (χ1n) is 5.91. The Morgan fingerprint density at radius 2 is 1.76 bits per heavy atom. The Labute approximate surface area is 118 Å². The monoisotopic (exact) mass is 305 g/mol. The van der Waals surface area contributed by atoms with Crippen LogP contribution in [0.4, 0.5) is 13.2 Å². The Kier molecular flexibility index (Phi) is 5.17. The van der Waals surface area contributed by atoms with Crippen LogP contribution in [0.15, 0.2) is 12.1 Å². The number of ether oxygens (including phenoxy) is 1. The highest BCUT2D eigenvalue weighted by atomic mass is 19.4. The molecule has 8 heteroatoms. The molecule has 0 heterocycles. The summed E-state index contributed by atoms with van der Waals surface area (Å²) in [5.74, 6) is -1.73. The van der Waals surface area contributed by atoms with Gasteiger partial charge in [-0.1, -0.05) is 0 Å². The number of nitrogens with one attached hydrogen (secondary N) is 1. The maximum Gasteiger partial charge on any atom is 0.405 e. The molecule has 116 valence electrons. The second kappa shape index (κ2) is 6.47. The van der Waals surface area contributed by atoms with Crippen LogP contribution in [0.2, 0.25) is 0 Å². The van der Waals surface area contributed by atoms with E-state index in [1.807, 2.05) is 0 Å². The summed E-state index contributed by atoms with van der Waals surface area (Å²) in [7, 11) is 0. The van der Waals surface area contributed by atoms with Crippen molar-refractivity contribution in [2.75, 3.05) is 13.2 Å². The molecule has 21 heavy (non-hydrogen) atoms. The first-order chi connectivity index (χ1) is 9.60. The van der Waals surface area contributed by atoms with Crippen molar-refractivity contribution in [1.29, 1.82) is 0 Å². The molecular weight excluding hydrogens is 291 g/mol. The van der Waals surface area contributed by atoms with Crippen LogP contribution in [0.3, 0.4) is 0 Å². The van der Waals surface area contributed by atoms with Crippen molar-refractivity contribution in [3.05, 3.63) is 28.8 Å². The average Bonchev–Trinajstić information content (AvgIpc) is 2.34. The molecule has 5 nitrogen and oxygen atoms in total. The average molecular weight is 305 g/mol. The Bertz CT molecular complexity index is 532. The minimum atomic E-state index is -4.48. The van der Waals surface area contributed by atoms with Crippen molar-refractivity contribution >= 4 is 11.9 Å². The van der Waals surface area contributed by atoms with Gasteiger partial charge in [0.2, 0.25) is 0 Å². The molecule has 2 N–H and O–H groups in total. The Morgan fingerprint density at radius 3 is 2.19 bits per heavy atom. The minimum Gasteiger partial charge on any atom is -0.483 e. The number of aromatic carboxylic acids is 1. The molecule has 0 aliphatic rings. The zero-order valence-corrected chi connectivity index (χ0v) is 11.4. The molecular formula is C13H14F3NO4. The van der Waals surface area contributed by atoms with Gasteiger partial charge in [0.05, 0.1) is 5.56 Å². The highest BCUT2D eigenvalue weighted by Crippen LogP contribution is 2.24. The van der Waals surface area contributed by atoms with Gasteiger partial charge in [0.1, 0.15) is 12.3 Å². The number of carbonyl (C=O) groups is 2. The lowest BCUT2D eigenvalue weighted by atomic mass is 10.1. The van der Waals surface area contributed by atoms with Gasteiger partial charge >= 0.3 is 12.1 Å². The standard InChI is InChI=1S/C13H14F3NO4/c1-7-3-9(12(19)20)4-8(2)11(7)21-5-10(18)17-6-13(14,15)16/h3-4H,5-6H2,1-2H3,(H,17,18)(H,19,20). The molecule has 0 spiro atoms. The zero-order valence-electron chi connectivity index (χ0n) is 11.4. The summed E-state index contributed by atoms with van der Waals surface area (Å²) in [6.07, 6.45) is -4.48. The molecule has 0 unspecified atom stereocenters. The fourth-order valence-electron chi connectivity index (χ4n) is 1.69. The maximum atomic E-state index is 11.9. The van der Waals surface area contributed by atoms with Crippen LogP contribution in [0.25, 0.3) is 0 Å². The van der Waals surface area contributed by atoms with E-state index >= 15 is 0 Å². The van der Waals surface area contributed by atoms with Crippen molar-refractivity contribution in [3.63, 3.8) is 0 Å². The quantitative estimate of drug-likeness (QED) is 0.873. The predicted octanol–water partition coefficient (Wildman–Crippen LogP) is 2.06. The first-order valence-corrected chi connectivity index (χ1v) is 5.91. The van der Waals surface area contributed by atoms with Crippen molar-refractivity contribution in [1.82, 2.24) is 5.32 Å². The molecule has 0 aliphatic carbocycles. The Morgan fingerprint density at radius 1 is 1.24 bits per heavy atom. The highest BCUT2D eigenvalue weighted by Gasteiger charge is 2.27. The number of carboxylic acid groups (broad SMARTS) is 1. The molecule has 1 rings (SSSR count). The molecule has 0 atom stereocenters. The lowest BCUT2D eigenvalue weighted by Crippen LogP contribution is -2.36. The number of amides is 1. The summed E-state index contributed by atoms with van der Waals surface area (Å²) in [5, 5.41) is 10.6. The number of hydrogen-bond donors (Lipinski definition) is 2. The van der Waals surface area contributed by atoms with Gasteiger partial charge in [-0.15, -0.1) is 0 Å². The van der Waals surface area contributed by atoms with Gasteiger partial charge in [-0.25, -0.2) is 4.79 Å². The molecule has 0 fully saturated rings. The molecule has 1 aromatic carbocycles. The summed E-state index contributed by atoms with van der Waals surface area (Å²) in [4.78, 5) is 22.1. The molecule has 0 aliphatic heterocycles. The normalized spacial score (nSPS) is 11.1. The lowest BCUT2D eigenvalue weighted by Gasteiger charge is -2.13. The van der Waals surface area contributed by atoms with Gasteiger partial charge < -0.3 is 15.2 Å². The van der Waals surface area contributed by atoms with E-state index in [9.17, 15) is 22.8 Å². The van der Waals surface area contributed by atoms with Crippen LogP contribution in [0.1, 0.15) is 21.5 Å². The number of rotatable bonds is 5. The number of hydrogen-bond acceptors (Lipinski definition) is 3. The van der Waals surface area contributed by atoms with Crippen LogP contribution in [0, 0.1) is 13.8 Å². The third-order valence-corrected chi connectivity index (χ3v) is 2.54. The van der Waals surface area contributed by atoms with E-state index in [2.05, 4.69) is 0 Å². The van der Waals surface area contributed by atoms with Crippen LogP contribution in [-0.2, 0) is 4.79 Å². The molecule has 1 aromatic rings. The van der Waals surface area contributed by atoms with E-state index in [0.717, 1.165) is 0 Å². The van der Waals surface area contributed by atoms with Gasteiger partial charge in [-0.05, 0) is 37.1 Å². The van der Waals surface area contributed by atoms with E-state index in [1.165, 1.54) is 12.1 Å². The van der Waals surface area contributed by atoms with E-state index < -0.39 is 31.2 Å². The Balaban J connectivity index is 2.68. The number of benzene rings is 1. The number of aryl methyl sites for hydroxylation is 2. The largest absolute Gasteiger partial charge is 0.483 e. The summed E-state index contributed by atoms with van der Waals surface area (Å²) >= 11 is 0. The maximum absolute atomic E-state index is 11.9. The summed E-state index contributed by atoms with van der Waals surface area (Å²) < 4.78 is 40.9. The second-order valence-corrected chi connectivity index (χ2v) is 4.42.